The van der Waals surface area contributed by atoms with E-state index in [9.17, 15) is 19.2 Å². The molecular formula is C26H25Cl2N3O7. The Hall–Kier alpha value is -3.60. The number of allylic oxidation sites excluding steroid dienone is 1. The fourth-order valence-electron chi connectivity index (χ4n) is 4.16. The average Bonchev–Trinajstić information content (AvgIpc) is 3.63. The van der Waals surface area contributed by atoms with Gasteiger partial charge in [0.2, 0.25) is 0 Å². The summed E-state index contributed by atoms with van der Waals surface area (Å²) in [5.74, 6) is -2.17. The number of carbonyl (C=O) groups is 4. The Bertz CT molecular complexity index is 1340. The molecule has 1 atom stereocenters. The third-order valence-electron chi connectivity index (χ3n) is 6.09. The quantitative estimate of drug-likeness (QED) is 0.299. The summed E-state index contributed by atoms with van der Waals surface area (Å²) < 4.78 is 16.3. The van der Waals surface area contributed by atoms with Crippen molar-refractivity contribution < 1.29 is 33.1 Å². The van der Waals surface area contributed by atoms with E-state index in [4.69, 9.17) is 37.1 Å². The van der Waals surface area contributed by atoms with Gasteiger partial charge in [0.1, 0.15) is 11.5 Å². The number of furan rings is 1. The molecule has 0 radical (unpaired) electrons. The molecule has 2 aliphatic rings. The van der Waals surface area contributed by atoms with Crippen molar-refractivity contribution in [1.82, 2.24) is 10.2 Å². The first-order valence-corrected chi connectivity index (χ1v) is 12.5. The van der Waals surface area contributed by atoms with Gasteiger partial charge in [0.25, 0.3) is 5.91 Å². The molecule has 0 bridgehead atoms. The van der Waals surface area contributed by atoms with E-state index in [-0.39, 0.29) is 40.5 Å². The Labute approximate surface area is 228 Å². The van der Waals surface area contributed by atoms with Gasteiger partial charge < -0.3 is 29.4 Å². The van der Waals surface area contributed by atoms with Crippen LogP contribution in [0.4, 0.5) is 5.69 Å². The van der Waals surface area contributed by atoms with Gasteiger partial charge in [0.15, 0.2) is 0 Å². The molecule has 2 N–H and O–H groups in total. The fraction of sp³-hybridized carbons (Fsp3) is 0.308. The van der Waals surface area contributed by atoms with E-state index < -0.39 is 17.8 Å². The molecule has 4 rings (SSSR count). The molecule has 3 amide bonds. The summed E-state index contributed by atoms with van der Waals surface area (Å²) in [6, 6.07) is 7.60. The van der Waals surface area contributed by atoms with Gasteiger partial charge in [-0.3, -0.25) is 14.4 Å². The molecule has 0 saturated carbocycles. The third-order valence-corrected chi connectivity index (χ3v) is 6.83. The van der Waals surface area contributed by atoms with Gasteiger partial charge in [-0.2, -0.15) is 0 Å². The second-order valence-corrected chi connectivity index (χ2v) is 9.44. The zero-order chi connectivity index (χ0) is 27.4. The van der Waals surface area contributed by atoms with E-state index in [2.05, 4.69) is 10.6 Å². The van der Waals surface area contributed by atoms with Gasteiger partial charge in [-0.1, -0.05) is 23.2 Å². The van der Waals surface area contributed by atoms with E-state index in [1.807, 2.05) is 0 Å². The number of esters is 1. The molecule has 38 heavy (non-hydrogen) atoms. The van der Waals surface area contributed by atoms with Crippen molar-refractivity contribution in [1.29, 1.82) is 0 Å². The van der Waals surface area contributed by atoms with Crippen molar-refractivity contribution in [3.05, 3.63) is 68.7 Å². The number of hydrogen-bond donors (Lipinski definition) is 2. The van der Waals surface area contributed by atoms with Crippen molar-refractivity contribution >= 4 is 58.7 Å². The minimum Gasteiger partial charge on any atom is -0.465 e. The van der Waals surface area contributed by atoms with Gasteiger partial charge in [-0.25, -0.2) is 4.79 Å². The molecule has 0 unspecified atom stereocenters. The summed E-state index contributed by atoms with van der Waals surface area (Å²) in [4.78, 5) is 51.6. The third kappa shape index (κ3) is 6.09. The summed E-state index contributed by atoms with van der Waals surface area (Å²) in [5, 5.41) is 5.43. The smallest absolute Gasteiger partial charge is 0.340 e. The van der Waals surface area contributed by atoms with Crippen molar-refractivity contribution in [2.75, 3.05) is 25.6 Å². The monoisotopic (exact) mass is 561 g/mol. The fourth-order valence-corrected chi connectivity index (χ4v) is 4.46. The van der Waals surface area contributed by atoms with Gasteiger partial charge in [-0.15, -0.1) is 0 Å². The lowest BCUT2D eigenvalue weighted by atomic mass is 10.1. The number of anilines is 1. The van der Waals surface area contributed by atoms with Gasteiger partial charge in [0.05, 0.1) is 47.5 Å². The molecule has 2 aliphatic heterocycles. The van der Waals surface area contributed by atoms with Crippen LogP contribution in [-0.4, -0.2) is 55.0 Å². The second-order valence-electron chi connectivity index (χ2n) is 8.63. The lowest BCUT2D eigenvalue weighted by Crippen LogP contribution is -2.34. The van der Waals surface area contributed by atoms with Crippen molar-refractivity contribution in [3.8, 4) is 0 Å². The van der Waals surface area contributed by atoms with E-state index in [1.54, 1.807) is 19.1 Å². The predicted octanol–water partition coefficient (Wildman–Crippen LogP) is 3.69. The Morgan fingerprint density at radius 2 is 1.95 bits per heavy atom. The Balaban J connectivity index is 1.42. The molecule has 12 heteroatoms. The first-order chi connectivity index (χ1) is 18.2. The highest BCUT2D eigenvalue weighted by Gasteiger charge is 2.38. The predicted molar refractivity (Wildman–Crippen MR) is 139 cm³/mol. The summed E-state index contributed by atoms with van der Waals surface area (Å²) in [6.45, 7) is 2.58. The van der Waals surface area contributed by atoms with Crippen LogP contribution in [0, 0.1) is 0 Å². The standard InChI is InChI=1S/C26H25Cl2N3O7/c1-14-22(26(35)36-2)19(25(34)31(14)13-18-4-3-9-37-18)11-16-6-7-17(38-16)12-29-23(32)24(33)30-15-5-8-20(27)21(28)10-15/h5-8,10-11,18H,3-4,9,12-13H2,1-2H3,(H,29,32)(H,30,33)/b19-11+/t18-/m0/s1. The molecule has 1 saturated heterocycles. The van der Waals surface area contributed by atoms with E-state index in [0.717, 1.165) is 12.8 Å². The SMILES string of the molecule is COC(=O)C1=C(C)N(C[C@@H]2CCCO2)C(=O)/C1=C/c1ccc(CNC(=O)C(=O)Nc2ccc(Cl)c(Cl)c2)o1. The van der Waals surface area contributed by atoms with Crippen LogP contribution in [0.25, 0.3) is 6.08 Å². The molecule has 200 valence electrons. The Morgan fingerprint density at radius 3 is 2.63 bits per heavy atom. The van der Waals surface area contributed by atoms with E-state index in [1.165, 1.54) is 36.3 Å². The molecule has 0 spiro atoms. The average molecular weight is 562 g/mol. The maximum Gasteiger partial charge on any atom is 0.340 e. The van der Waals surface area contributed by atoms with E-state index in [0.29, 0.717) is 35.3 Å². The number of benzene rings is 1. The van der Waals surface area contributed by atoms with Crippen LogP contribution in [-0.2, 0) is 35.2 Å². The van der Waals surface area contributed by atoms with E-state index >= 15 is 0 Å². The number of ether oxygens (including phenoxy) is 2. The van der Waals surface area contributed by atoms with Gasteiger partial charge in [-0.05, 0) is 56.2 Å². The molecule has 2 aromatic rings. The lowest BCUT2D eigenvalue weighted by molar-refractivity contribution is -0.136. The van der Waals surface area contributed by atoms with Crippen molar-refractivity contribution in [2.45, 2.75) is 32.4 Å². The zero-order valence-electron chi connectivity index (χ0n) is 20.6. The molecule has 0 aliphatic carbocycles. The molecule has 1 aromatic carbocycles. The number of methoxy groups -OCH3 is 1. The lowest BCUT2D eigenvalue weighted by Gasteiger charge is -2.21. The van der Waals surface area contributed by atoms with Crippen LogP contribution in [0.5, 0.6) is 0 Å². The second kappa shape index (κ2) is 11.8. The number of rotatable bonds is 7. The van der Waals surface area contributed by atoms with Crippen LogP contribution in [0.3, 0.4) is 0 Å². The highest BCUT2D eigenvalue weighted by molar-refractivity contribution is 6.43. The van der Waals surface area contributed by atoms with Crippen LogP contribution in [0.2, 0.25) is 10.0 Å². The maximum absolute atomic E-state index is 13.2. The van der Waals surface area contributed by atoms with Crippen LogP contribution in [0.15, 0.2) is 51.6 Å². The minimum absolute atomic E-state index is 0.0887. The van der Waals surface area contributed by atoms with Crippen molar-refractivity contribution in [2.24, 2.45) is 0 Å². The number of nitrogens with one attached hydrogen (secondary N) is 2. The normalized spacial score (nSPS) is 18.3. The number of amides is 3. The summed E-state index contributed by atoms with van der Waals surface area (Å²) in [5.41, 5.74) is 1.08. The molecule has 1 fully saturated rings. The molecule has 1 aromatic heterocycles. The summed E-state index contributed by atoms with van der Waals surface area (Å²) in [6.07, 6.45) is 3.11. The van der Waals surface area contributed by atoms with Crippen molar-refractivity contribution in [3.63, 3.8) is 0 Å². The highest BCUT2D eigenvalue weighted by atomic mass is 35.5. The minimum atomic E-state index is -0.900. The Morgan fingerprint density at radius 1 is 1.16 bits per heavy atom. The van der Waals surface area contributed by atoms with Crippen LogP contribution in [0.1, 0.15) is 31.3 Å². The van der Waals surface area contributed by atoms with Gasteiger partial charge in [0, 0.05) is 18.0 Å². The number of carbonyl (C=O) groups excluding carboxylic acids is 4. The number of hydrogen-bond acceptors (Lipinski definition) is 7. The molecule has 10 nitrogen and oxygen atoms in total. The number of halogens is 2. The Kier molecular flexibility index (Phi) is 8.55. The number of nitrogens with zero attached hydrogens (tertiary/aromatic N) is 1. The largest absolute Gasteiger partial charge is 0.465 e. The van der Waals surface area contributed by atoms with Crippen LogP contribution < -0.4 is 10.6 Å². The summed E-state index contributed by atoms with van der Waals surface area (Å²) >= 11 is 11.8. The maximum atomic E-state index is 13.2. The van der Waals surface area contributed by atoms with Gasteiger partial charge >= 0.3 is 17.8 Å². The highest BCUT2D eigenvalue weighted by Crippen LogP contribution is 2.33. The zero-order valence-corrected chi connectivity index (χ0v) is 22.1. The summed E-state index contributed by atoms with van der Waals surface area (Å²) in [7, 11) is 1.25. The molecule has 3 heterocycles. The molecular weight excluding hydrogens is 537 g/mol. The first-order valence-electron chi connectivity index (χ1n) is 11.8. The van der Waals surface area contributed by atoms with Crippen LogP contribution >= 0.6 is 23.2 Å². The first kappa shape index (κ1) is 27.4. The topological polar surface area (TPSA) is 127 Å².